The average molecular weight is 169 g/mol. The van der Waals surface area contributed by atoms with E-state index in [1.54, 1.807) is 0 Å². The maximum atomic E-state index is 5.68. The van der Waals surface area contributed by atoms with Gasteiger partial charge in [0.1, 0.15) is 0 Å². The van der Waals surface area contributed by atoms with Gasteiger partial charge in [-0.2, -0.15) is 0 Å². The predicted octanol–water partition coefficient (Wildman–Crippen LogP) is -1.41. The molecule has 0 saturated carbocycles. The van der Waals surface area contributed by atoms with Gasteiger partial charge >= 0.3 is 0 Å². The van der Waals surface area contributed by atoms with Crippen LogP contribution in [-0.4, -0.2) is 17.7 Å². The van der Waals surface area contributed by atoms with E-state index in [9.17, 15) is 0 Å². The van der Waals surface area contributed by atoms with Crippen molar-refractivity contribution in [2.24, 2.45) is 0 Å². The topological polar surface area (TPSA) is 78.1 Å². The van der Waals surface area contributed by atoms with Crippen molar-refractivity contribution in [3.63, 3.8) is 0 Å². The first-order chi connectivity index (χ1) is 4.61. The van der Waals surface area contributed by atoms with E-state index >= 15 is 0 Å². The third kappa shape index (κ3) is 1.19. The summed E-state index contributed by atoms with van der Waals surface area (Å²) in [5.74, 6) is 0. The lowest BCUT2D eigenvalue weighted by molar-refractivity contribution is 1.75. The minimum atomic E-state index is -0.665. The molecule has 1 aromatic rings. The molecule has 54 valence electrons. The molecule has 0 radical (unpaired) electrons. The van der Waals surface area contributed by atoms with Gasteiger partial charge in [-0.05, 0) is 12.1 Å². The van der Waals surface area contributed by atoms with Crippen molar-refractivity contribution in [2.75, 3.05) is 17.2 Å². The Morgan fingerprint density at radius 1 is 1.10 bits per heavy atom. The molecule has 0 aromatic carbocycles. The van der Waals surface area contributed by atoms with Crippen LogP contribution in [0.4, 0.5) is 16.3 Å². The van der Waals surface area contributed by atoms with Crippen LogP contribution < -0.4 is 17.2 Å². The van der Waals surface area contributed by atoms with Gasteiger partial charge in [-0.25, -0.2) is 0 Å². The highest BCUT2D eigenvalue weighted by molar-refractivity contribution is 7.05. The van der Waals surface area contributed by atoms with Gasteiger partial charge in [0.25, 0.3) is 0 Å². The van der Waals surface area contributed by atoms with E-state index in [0.29, 0.717) is 5.69 Å². The van der Waals surface area contributed by atoms with E-state index in [-0.39, 0.29) is 0 Å². The molecule has 0 aliphatic carbocycles. The Labute approximate surface area is 64.0 Å². The van der Waals surface area contributed by atoms with Gasteiger partial charge in [-0.3, -0.25) is 0 Å². The van der Waals surface area contributed by atoms with Crippen LogP contribution in [-0.2, 0) is 0 Å². The summed E-state index contributed by atoms with van der Waals surface area (Å²) < 4.78 is 0. The van der Waals surface area contributed by atoms with Crippen LogP contribution in [0.1, 0.15) is 0 Å². The smallest absolute Gasteiger partial charge is 0.0728 e. The highest BCUT2D eigenvalue weighted by Crippen LogP contribution is 2.12. The number of nitrogen functional groups attached to an aromatic ring is 3. The van der Waals surface area contributed by atoms with Crippen molar-refractivity contribution < 1.29 is 0 Å². The van der Waals surface area contributed by atoms with Crippen LogP contribution in [0.25, 0.3) is 0 Å². The Morgan fingerprint density at radius 3 is 1.90 bits per heavy atom. The Morgan fingerprint density at radius 2 is 1.50 bits per heavy atom. The molecule has 10 heavy (non-hydrogen) atoms. The van der Waals surface area contributed by atoms with Crippen LogP contribution in [0.5, 0.6) is 0 Å². The van der Waals surface area contributed by atoms with E-state index in [0.717, 1.165) is 20.4 Å². The van der Waals surface area contributed by atoms with Crippen LogP contribution in [0.2, 0.25) is 0 Å². The number of nitrogens with two attached hydrogens (primary N) is 3. The zero-order chi connectivity index (χ0) is 7.72. The molecule has 1 aromatic heterocycles. The highest BCUT2D eigenvalue weighted by Gasteiger charge is 1.98. The molecule has 3 nitrogen and oxygen atoms in total. The Kier molecular flexibility index (Phi) is 1.77. The predicted molar refractivity (Wildman–Crippen MR) is 51.0 cm³/mol. The highest BCUT2D eigenvalue weighted by atomic mass is 29.1. The minimum absolute atomic E-state index is 0.665. The molecule has 6 N–H and O–H groups in total. The molecule has 0 spiro atoms. The third-order valence-electron chi connectivity index (χ3n) is 1.51. The molecule has 0 unspecified atom stereocenters. The lowest BCUT2D eigenvalue weighted by Crippen LogP contribution is -2.10. The lowest BCUT2D eigenvalue weighted by Gasteiger charge is -2.03. The summed E-state index contributed by atoms with van der Waals surface area (Å²) in [4.78, 5) is 0. The fraction of sp³-hybridized carbons (Fsp3) is 0. The van der Waals surface area contributed by atoms with Crippen molar-refractivity contribution in [1.82, 2.24) is 0 Å². The molecular weight excluding hydrogens is 158 g/mol. The molecule has 1 rings (SSSR count). The Bertz CT molecular complexity index is 238. The fourth-order valence-corrected chi connectivity index (χ4v) is 2.75. The van der Waals surface area contributed by atoms with Gasteiger partial charge in [-0.15, -0.1) is 0 Å². The zero-order valence-electron chi connectivity index (χ0n) is 5.89. The fourth-order valence-electron chi connectivity index (χ4n) is 0.784. The molecule has 0 atom stereocenters. The van der Waals surface area contributed by atoms with Gasteiger partial charge in [0, 0.05) is 26.0 Å². The van der Waals surface area contributed by atoms with E-state index < -0.39 is 7.91 Å². The SMILES string of the molecule is Nc1cc(N)[si]([SiH3])c(N)c1. The second-order valence-corrected chi connectivity index (χ2v) is 7.73. The standard InChI is InChI=1S/C5H11N3Si2/c6-3-1-4(7)10(9)5(8)2-3/h1-2H,6-8H2,9H3. The van der Waals surface area contributed by atoms with Gasteiger partial charge in [-0.1, -0.05) is 0 Å². The number of anilines is 3. The van der Waals surface area contributed by atoms with Crippen molar-refractivity contribution >= 4 is 34.0 Å². The zero-order valence-corrected chi connectivity index (χ0v) is 8.89. The number of hydrogen-bond acceptors (Lipinski definition) is 3. The normalized spacial score (nSPS) is 10.0. The van der Waals surface area contributed by atoms with Crippen LogP contribution in [0.3, 0.4) is 0 Å². The minimum Gasteiger partial charge on any atom is -0.403 e. The molecule has 5 heteroatoms. The number of hydrogen-bond donors (Lipinski definition) is 3. The maximum Gasteiger partial charge on any atom is 0.0728 e. The molecule has 1 heterocycles. The summed E-state index contributed by atoms with van der Waals surface area (Å²) in [7, 11) is 0.391. The van der Waals surface area contributed by atoms with Crippen molar-refractivity contribution in [1.29, 1.82) is 0 Å². The Hall–Kier alpha value is -0.816. The van der Waals surface area contributed by atoms with E-state index in [1.165, 1.54) is 0 Å². The van der Waals surface area contributed by atoms with Gasteiger partial charge in [0.05, 0.1) is 7.91 Å². The summed E-state index contributed by atoms with van der Waals surface area (Å²) in [6.07, 6.45) is 0. The van der Waals surface area contributed by atoms with E-state index in [2.05, 4.69) is 0 Å². The molecule has 0 aliphatic heterocycles. The summed E-state index contributed by atoms with van der Waals surface area (Å²) in [5.41, 5.74) is 17.6. The van der Waals surface area contributed by atoms with Gasteiger partial charge < -0.3 is 17.2 Å². The van der Waals surface area contributed by atoms with Crippen molar-refractivity contribution in [2.45, 2.75) is 0 Å². The summed E-state index contributed by atoms with van der Waals surface area (Å²) in [5, 5.41) is 1.79. The molecule has 0 saturated heterocycles. The van der Waals surface area contributed by atoms with Crippen LogP contribution in [0.15, 0.2) is 12.1 Å². The molecule has 0 aliphatic rings. The van der Waals surface area contributed by atoms with Gasteiger partial charge in [0.2, 0.25) is 0 Å². The second-order valence-electron chi connectivity index (χ2n) is 2.32. The summed E-state index contributed by atoms with van der Waals surface area (Å²) in [6, 6.07) is 3.63. The summed E-state index contributed by atoms with van der Waals surface area (Å²) >= 11 is 0. The quantitative estimate of drug-likeness (QED) is 0.417. The monoisotopic (exact) mass is 169 g/mol. The molecule has 0 bridgehead atoms. The average Bonchev–Trinajstić information content (AvgIpc) is 1.82. The van der Waals surface area contributed by atoms with Crippen LogP contribution >= 0.6 is 0 Å². The molecule has 0 fully saturated rings. The molecule has 0 amide bonds. The maximum absolute atomic E-state index is 5.68. The van der Waals surface area contributed by atoms with Crippen LogP contribution in [0, 0.1) is 0 Å². The Balaban J connectivity index is 3.31. The van der Waals surface area contributed by atoms with Crippen molar-refractivity contribution in [3.8, 4) is 0 Å². The lowest BCUT2D eigenvalue weighted by atomic mass is 10.4. The first-order valence-corrected chi connectivity index (χ1v) is 8.02. The first kappa shape index (κ1) is 7.29. The summed E-state index contributed by atoms with van der Waals surface area (Å²) in [6.45, 7) is 0. The first-order valence-electron chi connectivity index (χ1n) is 3.02. The third-order valence-corrected chi connectivity index (χ3v) is 7.00. The second kappa shape index (κ2) is 2.43. The van der Waals surface area contributed by atoms with Gasteiger partial charge in [0.15, 0.2) is 0 Å². The van der Waals surface area contributed by atoms with E-state index in [1.807, 2.05) is 12.1 Å². The van der Waals surface area contributed by atoms with Crippen molar-refractivity contribution in [3.05, 3.63) is 12.1 Å². The number of rotatable bonds is 0. The molecular formula is C5H11N3Si2. The largest absolute Gasteiger partial charge is 0.403 e. The van der Waals surface area contributed by atoms with E-state index in [4.69, 9.17) is 17.2 Å².